The van der Waals surface area contributed by atoms with Gasteiger partial charge < -0.3 is 19.5 Å². The average Bonchev–Trinajstić information content (AvgIpc) is 2.82. The van der Waals surface area contributed by atoms with E-state index < -0.39 is 23.9 Å². The highest BCUT2D eigenvalue weighted by Gasteiger charge is 2.44. The van der Waals surface area contributed by atoms with Gasteiger partial charge in [0.25, 0.3) is 0 Å². The maximum absolute atomic E-state index is 12.5. The number of amides is 1. The van der Waals surface area contributed by atoms with Gasteiger partial charge in [-0.25, -0.2) is 0 Å². The van der Waals surface area contributed by atoms with E-state index in [0.29, 0.717) is 0 Å². The summed E-state index contributed by atoms with van der Waals surface area (Å²) in [6.07, 6.45) is -5.47. The van der Waals surface area contributed by atoms with Crippen molar-refractivity contribution >= 4 is 23.3 Å². The van der Waals surface area contributed by atoms with E-state index in [1.54, 1.807) is 5.32 Å². The summed E-state index contributed by atoms with van der Waals surface area (Å²) < 4.78 is 52.8. The number of alkyl halides is 3. The number of fused-ring (bicyclic) bond motifs is 1. The van der Waals surface area contributed by atoms with E-state index in [4.69, 9.17) is 25.8 Å². The third-order valence-corrected chi connectivity index (χ3v) is 3.91. The van der Waals surface area contributed by atoms with Crippen LogP contribution < -0.4 is 19.5 Å². The first kappa shape index (κ1) is 18.2. The maximum Gasteiger partial charge on any atom is 0.471 e. The van der Waals surface area contributed by atoms with E-state index in [0.717, 1.165) is 0 Å². The summed E-state index contributed by atoms with van der Waals surface area (Å²) in [7, 11) is 3.83. The van der Waals surface area contributed by atoms with Crippen LogP contribution in [0.3, 0.4) is 0 Å². The first-order valence-electron chi connectivity index (χ1n) is 6.59. The van der Waals surface area contributed by atoms with Crippen molar-refractivity contribution in [3.63, 3.8) is 0 Å². The Hall–Kier alpha value is -2.16. The molecular formula is C14H13ClF3NO5. The summed E-state index contributed by atoms with van der Waals surface area (Å²) in [5.74, 6) is -2.67. The number of hydrogen-bond acceptors (Lipinski definition) is 5. The second-order valence-electron chi connectivity index (χ2n) is 4.85. The second-order valence-corrected chi connectivity index (χ2v) is 5.23. The normalized spacial score (nSPS) is 16.6. The topological polar surface area (TPSA) is 73.9 Å². The fourth-order valence-electron chi connectivity index (χ4n) is 2.59. The largest absolute Gasteiger partial charge is 0.492 e. The van der Waals surface area contributed by atoms with E-state index >= 15 is 0 Å². The fourth-order valence-corrected chi connectivity index (χ4v) is 2.98. The monoisotopic (exact) mass is 367 g/mol. The number of carbonyl (C=O) groups excluding carboxylic acids is 2. The van der Waals surface area contributed by atoms with Crippen LogP contribution in [0.1, 0.15) is 28.4 Å². The Balaban J connectivity index is 2.63. The molecule has 1 amide bonds. The van der Waals surface area contributed by atoms with Crippen molar-refractivity contribution in [2.45, 2.75) is 18.6 Å². The standard InChI is InChI=1S/C14H13ClF3NO5/c1-22-10-8-6(20)4-5(19-13(21)14(16,17)18)7(8)9(15)11(23-2)12(10)24-3/h5H,4H2,1-3H3,(H,19,21). The number of benzene rings is 1. The maximum atomic E-state index is 12.5. The van der Waals surface area contributed by atoms with Crippen molar-refractivity contribution in [2.24, 2.45) is 0 Å². The van der Waals surface area contributed by atoms with E-state index in [1.165, 1.54) is 21.3 Å². The van der Waals surface area contributed by atoms with Gasteiger partial charge in [-0.3, -0.25) is 9.59 Å². The molecule has 0 aromatic heterocycles. The molecule has 1 N–H and O–H groups in total. The van der Waals surface area contributed by atoms with Crippen molar-refractivity contribution in [3.05, 3.63) is 16.1 Å². The minimum absolute atomic E-state index is 0.00396. The molecule has 1 unspecified atom stereocenters. The average molecular weight is 368 g/mol. The third kappa shape index (κ3) is 2.83. The first-order chi connectivity index (χ1) is 11.2. The Morgan fingerprint density at radius 3 is 2.12 bits per heavy atom. The summed E-state index contributed by atoms with van der Waals surface area (Å²) in [6.45, 7) is 0. The lowest BCUT2D eigenvalue weighted by Gasteiger charge is -2.20. The van der Waals surface area contributed by atoms with Gasteiger partial charge in [-0.05, 0) is 0 Å². The van der Waals surface area contributed by atoms with Crippen molar-refractivity contribution < 1.29 is 37.0 Å². The molecule has 1 aliphatic rings. The summed E-state index contributed by atoms with van der Waals surface area (Å²) in [5.41, 5.74) is -0.0265. The molecule has 0 bridgehead atoms. The van der Waals surface area contributed by atoms with E-state index in [-0.39, 0.29) is 39.8 Å². The molecule has 0 aliphatic heterocycles. The summed E-state index contributed by atoms with van der Waals surface area (Å²) in [5, 5.41) is 1.64. The van der Waals surface area contributed by atoms with Gasteiger partial charge >= 0.3 is 12.1 Å². The quantitative estimate of drug-likeness (QED) is 0.885. The summed E-state index contributed by atoms with van der Waals surface area (Å²) in [4.78, 5) is 23.4. The minimum atomic E-state index is -5.08. The van der Waals surface area contributed by atoms with E-state index in [1.807, 2.05) is 0 Å². The van der Waals surface area contributed by atoms with Crippen LogP contribution >= 0.6 is 11.6 Å². The zero-order valence-electron chi connectivity index (χ0n) is 12.8. The fraction of sp³-hybridized carbons (Fsp3) is 0.429. The van der Waals surface area contributed by atoms with Crippen LogP contribution in [0.15, 0.2) is 0 Å². The van der Waals surface area contributed by atoms with Crippen LogP contribution in [-0.2, 0) is 4.79 Å². The van der Waals surface area contributed by atoms with Crippen LogP contribution in [0.4, 0.5) is 13.2 Å². The van der Waals surface area contributed by atoms with Gasteiger partial charge in [-0.2, -0.15) is 13.2 Å². The van der Waals surface area contributed by atoms with Gasteiger partial charge in [0.2, 0.25) is 5.75 Å². The number of carbonyl (C=O) groups is 2. The van der Waals surface area contributed by atoms with Crippen LogP contribution in [-0.4, -0.2) is 39.2 Å². The molecule has 132 valence electrons. The van der Waals surface area contributed by atoms with Gasteiger partial charge in [0.1, 0.15) is 0 Å². The molecule has 0 spiro atoms. The number of halogens is 4. The lowest BCUT2D eigenvalue weighted by atomic mass is 10.0. The Labute approximate surface area is 139 Å². The highest BCUT2D eigenvalue weighted by molar-refractivity contribution is 6.34. The molecule has 1 aliphatic carbocycles. The van der Waals surface area contributed by atoms with Crippen LogP contribution in [0, 0.1) is 0 Å². The minimum Gasteiger partial charge on any atom is -0.492 e. The number of hydrogen-bond donors (Lipinski definition) is 1. The van der Waals surface area contributed by atoms with E-state index in [9.17, 15) is 22.8 Å². The van der Waals surface area contributed by atoms with Crippen molar-refractivity contribution in [3.8, 4) is 17.2 Å². The predicted molar refractivity (Wildman–Crippen MR) is 77.0 cm³/mol. The zero-order valence-corrected chi connectivity index (χ0v) is 13.6. The lowest BCUT2D eigenvalue weighted by molar-refractivity contribution is -0.174. The van der Waals surface area contributed by atoms with Gasteiger partial charge in [0.05, 0.1) is 38.0 Å². The third-order valence-electron chi connectivity index (χ3n) is 3.54. The van der Waals surface area contributed by atoms with Gasteiger partial charge in [-0.15, -0.1) is 0 Å². The first-order valence-corrected chi connectivity index (χ1v) is 6.97. The Bertz CT molecular complexity index is 705. The van der Waals surface area contributed by atoms with Crippen LogP contribution in [0.25, 0.3) is 0 Å². The smallest absolute Gasteiger partial charge is 0.471 e. The van der Waals surface area contributed by atoms with Crippen molar-refractivity contribution in [2.75, 3.05) is 21.3 Å². The van der Waals surface area contributed by atoms with E-state index in [2.05, 4.69) is 0 Å². The molecule has 1 aromatic rings. The van der Waals surface area contributed by atoms with Gasteiger partial charge in [-0.1, -0.05) is 11.6 Å². The van der Waals surface area contributed by atoms with Crippen LogP contribution in [0.5, 0.6) is 17.2 Å². The number of rotatable bonds is 4. The second kappa shape index (κ2) is 6.39. The van der Waals surface area contributed by atoms with Crippen molar-refractivity contribution in [1.82, 2.24) is 5.32 Å². The lowest BCUT2D eigenvalue weighted by Crippen LogP contribution is -2.38. The Kier molecular flexibility index (Phi) is 4.84. The highest BCUT2D eigenvalue weighted by Crippen LogP contribution is 2.53. The van der Waals surface area contributed by atoms with Crippen molar-refractivity contribution in [1.29, 1.82) is 0 Å². The molecule has 0 fully saturated rings. The Morgan fingerprint density at radius 1 is 1.12 bits per heavy atom. The number of ketones is 1. The number of nitrogens with one attached hydrogen (secondary N) is 1. The molecule has 0 saturated heterocycles. The zero-order chi connectivity index (χ0) is 18.2. The molecular weight excluding hydrogens is 355 g/mol. The van der Waals surface area contributed by atoms with Gasteiger partial charge in [0, 0.05) is 12.0 Å². The number of methoxy groups -OCH3 is 3. The molecule has 1 atom stereocenters. The molecule has 6 nitrogen and oxygen atoms in total. The molecule has 0 radical (unpaired) electrons. The molecule has 24 heavy (non-hydrogen) atoms. The number of Topliss-reactive ketones (excluding diaryl/α,β-unsaturated/α-hetero) is 1. The Morgan fingerprint density at radius 2 is 1.67 bits per heavy atom. The molecule has 2 rings (SSSR count). The molecule has 0 saturated carbocycles. The highest BCUT2D eigenvalue weighted by atomic mass is 35.5. The number of ether oxygens (including phenoxy) is 3. The summed E-state index contributed by atoms with van der Waals surface area (Å²) >= 11 is 6.18. The SMILES string of the molecule is COc1c(Cl)c2c(c(OC)c1OC)C(=O)CC2NC(=O)C(F)(F)F. The molecule has 10 heteroatoms. The predicted octanol–water partition coefficient (Wildman–Crippen LogP) is 2.67. The van der Waals surface area contributed by atoms with Crippen LogP contribution in [0.2, 0.25) is 5.02 Å². The molecule has 0 heterocycles. The molecule has 1 aromatic carbocycles. The van der Waals surface area contributed by atoms with Gasteiger partial charge in [0.15, 0.2) is 17.3 Å². The summed E-state index contributed by atoms with van der Waals surface area (Å²) in [6, 6.07) is -1.25.